The van der Waals surface area contributed by atoms with Crippen LogP contribution in [-0.4, -0.2) is 52.9 Å². The number of aliphatic imine (C=N–C) groups is 1. The fourth-order valence-electron chi connectivity index (χ4n) is 5.38. The topological polar surface area (TPSA) is 100 Å². The minimum absolute atomic E-state index is 0.0397. The molecular formula is C32H34Br2N2O5. The van der Waals surface area contributed by atoms with E-state index in [1.54, 1.807) is 0 Å². The van der Waals surface area contributed by atoms with E-state index in [0.717, 1.165) is 38.5 Å². The number of nitrogens with zero attached hydrogens (tertiary/aromatic N) is 1. The first-order chi connectivity index (χ1) is 19.9. The number of benzene rings is 3. The monoisotopic (exact) mass is 684 g/mol. The van der Waals surface area contributed by atoms with E-state index in [4.69, 9.17) is 19.6 Å². The Bertz CT molecular complexity index is 1360. The molecule has 2 atom stereocenters. The van der Waals surface area contributed by atoms with E-state index in [2.05, 4.69) is 37.2 Å². The number of amides is 1. The zero-order chi connectivity index (χ0) is 28.8. The summed E-state index contributed by atoms with van der Waals surface area (Å²) in [5, 5.41) is 22.3. The van der Waals surface area contributed by atoms with Crippen LogP contribution in [0.4, 0.5) is 0 Å². The third kappa shape index (κ3) is 7.02. The van der Waals surface area contributed by atoms with Crippen molar-refractivity contribution in [1.82, 2.24) is 5.32 Å². The summed E-state index contributed by atoms with van der Waals surface area (Å²) in [5.74, 6) is 0.879. The molecule has 0 unspecified atom stereocenters. The van der Waals surface area contributed by atoms with Crippen molar-refractivity contribution in [3.63, 3.8) is 0 Å². The summed E-state index contributed by atoms with van der Waals surface area (Å²) in [4.78, 5) is 19.6. The Labute approximate surface area is 257 Å². The molecule has 5 rings (SSSR count). The average molecular weight is 686 g/mol. The molecule has 216 valence electrons. The molecule has 2 aliphatic rings. The number of hydrogen-bond donors (Lipinski definition) is 3. The third-order valence-electron chi connectivity index (χ3n) is 7.65. The second kappa shape index (κ2) is 13.5. The molecule has 0 aromatic heterocycles. The number of aliphatic hydroxyl groups excluding tert-OH is 2. The van der Waals surface area contributed by atoms with Crippen LogP contribution in [0.2, 0.25) is 0 Å². The molecule has 1 aliphatic heterocycles. The van der Waals surface area contributed by atoms with E-state index in [1.165, 1.54) is 0 Å². The zero-order valence-electron chi connectivity index (χ0n) is 22.6. The summed E-state index contributed by atoms with van der Waals surface area (Å²) in [6.07, 6.45) is 2.65. The number of rotatable bonds is 10. The van der Waals surface area contributed by atoms with Crippen LogP contribution < -0.4 is 10.1 Å². The lowest BCUT2D eigenvalue weighted by Gasteiger charge is -2.34. The maximum atomic E-state index is 14.4. The van der Waals surface area contributed by atoms with Gasteiger partial charge in [0.2, 0.25) is 5.90 Å². The molecule has 1 heterocycles. The van der Waals surface area contributed by atoms with Crippen molar-refractivity contribution in [2.24, 2.45) is 4.99 Å². The number of nitrogens with one attached hydrogen (secondary N) is 1. The molecule has 1 fully saturated rings. The van der Waals surface area contributed by atoms with Crippen molar-refractivity contribution in [2.45, 2.75) is 62.3 Å². The van der Waals surface area contributed by atoms with Crippen molar-refractivity contribution in [3.8, 4) is 5.75 Å². The summed E-state index contributed by atoms with van der Waals surface area (Å²) in [6.45, 7) is 0.496. The Hall–Kier alpha value is -2.72. The molecule has 1 aliphatic carbocycles. The molecular weight excluding hydrogens is 652 g/mol. The first-order valence-corrected chi connectivity index (χ1v) is 15.5. The first-order valence-electron chi connectivity index (χ1n) is 14.0. The zero-order valence-corrected chi connectivity index (χ0v) is 25.8. The summed E-state index contributed by atoms with van der Waals surface area (Å²) in [7, 11) is 0. The van der Waals surface area contributed by atoms with E-state index >= 15 is 0 Å². The predicted molar refractivity (Wildman–Crippen MR) is 165 cm³/mol. The molecule has 1 saturated carbocycles. The van der Waals surface area contributed by atoms with Gasteiger partial charge in [-0.15, -0.1) is 0 Å². The number of aliphatic hydroxyl groups is 2. The molecule has 0 bridgehead atoms. The van der Waals surface area contributed by atoms with Gasteiger partial charge in [-0.2, -0.15) is 0 Å². The Morgan fingerprint density at radius 1 is 1.00 bits per heavy atom. The SMILES string of the molecule is O=C(NC1CCC(O)CC1)[C@]1(Cc2ccccc2Br)N=C(c2ccc(OCCCO)cc2)O[C@@H]1c1ccc(Br)cc1. The lowest BCUT2D eigenvalue weighted by Crippen LogP contribution is -2.53. The number of ether oxygens (including phenoxy) is 2. The van der Waals surface area contributed by atoms with Gasteiger partial charge in [-0.1, -0.05) is 62.2 Å². The predicted octanol–water partition coefficient (Wildman–Crippen LogP) is 5.89. The smallest absolute Gasteiger partial charge is 0.252 e. The Morgan fingerprint density at radius 2 is 1.71 bits per heavy atom. The summed E-state index contributed by atoms with van der Waals surface area (Å²) in [5.41, 5.74) is 1.26. The van der Waals surface area contributed by atoms with Crippen molar-refractivity contribution in [2.75, 3.05) is 13.2 Å². The van der Waals surface area contributed by atoms with Gasteiger partial charge in [-0.05, 0) is 79.3 Å². The average Bonchev–Trinajstić information content (AvgIpc) is 3.37. The summed E-state index contributed by atoms with van der Waals surface area (Å²) < 4.78 is 14.1. The third-order valence-corrected chi connectivity index (χ3v) is 8.95. The Morgan fingerprint density at radius 3 is 2.39 bits per heavy atom. The van der Waals surface area contributed by atoms with Crippen LogP contribution in [0.3, 0.4) is 0 Å². The maximum absolute atomic E-state index is 14.4. The maximum Gasteiger partial charge on any atom is 0.252 e. The molecule has 7 nitrogen and oxygen atoms in total. The van der Waals surface area contributed by atoms with E-state index in [-0.39, 0.29) is 24.7 Å². The number of halogens is 2. The van der Waals surface area contributed by atoms with Crippen LogP contribution in [0.15, 0.2) is 86.7 Å². The van der Waals surface area contributed by atoms with Gasteiger partial charge >= 0.3 is 0 Å². The molecule has 3 aromatic carbocycles. The quantitative estimate of drug-likeness (QED) is 0.231. The van der Waals surface area contributed by atoms with Crippen molar-refractivity contribution in [1.29, 1.82) is 0 Å². The second-order valence-electron chi connectivity index (χ2n) is 10.6. The van der Waals surface area contributed by atoms with Crippen LogP contribution in [-0.2, 0) is 16.0 Å². The molecule has 1 amide bonds. The fourth-order valence-corrected chi connectivity index (χ4v) is 6.07. The second-order valence-corrected chi connectivity index (χ2v) is 12.4. The minimum atomic E-state index is -1.28. The van der Waals surface area contributed by atoms with Gasteiger partial charge in [0.25, 0.3) is 5.91 Å². The van der Waals surface area contributed by atoms with Crippen LogP contribution in [0.5, 0.6) is 5.75 Å². The van der Waals surface area contributed by atoms with E-state index in [9.17, 15) is 9.90 Å². The highest BCUT2D eigenvalue weighted by Gasteiger charge is 2.54. The van der Waals surface area contributed by atoms with E-state index in [0.29, 0.717) is 43.9 Å². The Kier molecular flexibility index (Phi) is 9.80. The lowest BCUT2D eigenvalue weighted by atomic mass is 9.81. The lowest BCUT2D eigenvalue weighted by molar-refractivity contribution is -0.130. The van der Waals surface area contributed by atoms with Gasteiger partial charge in [0, 0.05) is 40.0 Å². The minimum Gasteiger partial charge on any atom is -0.494 e. The van der Waals surface area contributed by atoms with Gasteiger partial charge in [0.1, 0.15) is 5.75 Å². The Balaban J connectivity index is 1.55. The van der Waals surface area contributed by atoms with Crippen LogP contribution in [0.25, 0.3) is 0 Å². The first kappa shape index (κ1) is 29.8. The summed E-state index contributed by atoms with van der Waals surface area (Å²) in [6, 6.07) is 23.1. The van der Waals surface area contributed by atoms with Gasteiger partial charge in [0.15, 0.2) is 11.6 Å². The molecule has 9 heteroatoms. The van der Waals surface area contributed by atoms with Gasteiger partial charge < -0.3 is 25.0 Å². The van der Waals surface area contributed by atoms with Gasteiger partial charge in [-0.25, -0.2) is 4.99 Å². The highest BCUT2D eigenvalue weighted by Crippen LogP contribution is 2.44. The van der Waals surface area contributed by atoms with Crippen molar-refractivity contribution in [3.05, 3.63) is 98.4 Å². The fraction of sp³-hybridized carbons (Fsp3) is 0.375. The van der Waals surface area contributed by atoms with Crippen LogP contribution in [0.1, 0.15) is 54.9 Å². The normalized spacial score (nSPS) is 23.9. The van der Waals surface area contributed by atoms with Crippen LogP contribution >= 0.6 is 31.9 Å². The van der Waals surface area contributed by atoms with E-state index in [1.807, 2.05) is 72.8 Å². The molecule has 0 spiro atoms. The van der Waals surface area contributed by atoms with Gasteiger partial charge in [0.05, 0.1) is 12.7 Å². The standard InChI is InChI=1S/C32H34Br2N2O5/c33-24-10-6-21(7-11-24)29-32(20-23-4-1-2-5-28(23)34,31(39)35-25-12-14-26(38)15-13-25)36-30(41-29)22-8-16-27(17-9-22)40-19-3-18-37/h1-2,4-11,16-17,25-26,29,37-38H,3,12-15,18-20H2,(H,35,39)/t25?,26?,29-,32-/m1/s1. The number of carbonyl (C=O) groups excluding carboxylic acids is 1. The molecule has 0 saturated heterocycles. The number of carbonyl (C=O) groups is 1. The van der Waals surface area contributed by atoms with Crippen molar-refractivity contribution < 1.29 is 24.5 Å². The highest BCUT2D eigenvalue weighted by atomic mass is 79.9. The molecule has 41 heavy (non-hydrogen) atoms. The molecule has 3 aromatic rings. The van der Waals surface area contributed by atoms with E-state index < -0.39 is 11.6 Å². The summed E-state index contributed by atoms with van der Waals surface area (Å²) >= 11 is 7.20. The molecule has 3 N–H and O–H groups in total. The van der Waals surface area contributed by atoms with Crippen molar-refractivity contribution >= 4 is 43.7 Å². The number of hydrogen-bond acceptors (Lipinski definition) is 6. The van der Waals surface area contributed by atoms with Crippen LogP contribution in [0, 0.1) is 0 Å². The van der Waals surface area contributed by atoms with Gasteiger partial charge in [-0.3, -0.25) is 4.79 Å². The molecule has 0 radical (unpaired) electrons. The largest absolute Gasteiger partial charge is 0.494 e. The highest BCUT2D eigenvalue weighted by molar-refractivity contribution is 9.10.